The Morgan fingerprint density at radius 1 is 1.23 bits per heavy atom. The molecule has 0 spiro atoms. The number of carbonyl (C=O) groups excluding carboxylic acids is 1. The molecular formula is C22H24ClN5O2S. The Kier molecular flexibility index (Phi) is 6.11. The second kappa shape index (κ2) is 8.80. The Balaban J connectivity index is 1.69. The maximum absolute atomic E-state index is 13.4. The summed E-state index contributed by atoms with van der Waals surface area (Å²) < 4.78 is 7.13. The van der Waals surface area contributed by atoms with Crippen LogP contribution in [-0.2, 0) is 11.2 Å². The molecule has 1 aliphatic rings. The molecule has 1 amide bonds. The summed E-state index contributed by atoms with van der Waals surface area (Å²) in [7, 11) is 1.58. The van der Waals surface area contributed by atoms with Gasteiger partial charge in [-0.1, -0.05) is 42.4 Å². The van der Waals surface area contributed by atoms with Crippen LogP contribution in [0.25, 0.3) is 0 Å². The van der Waals surface area contributed by atoms with E-state index in [4.69, 9.17) is 16.3 Å². The quantitative estimate of drug-likeness (QED) is 0.586. The minimum atomic E-state index is -0.479. The van der Waals surface area contributed by atoms with Gasteiger partial charge in [-0.15, -0.1) is 10.2 Å². The van der Waals surface area contributed by atoms with Crippen LogP contribution < -0.4 is 15.5 Å². The standard InChI is InChI=1S/C22H24ClN5O2S/c1-5-18-25-26-22-28(18)27-19(14-7-9-17(30-4)16(23)11-14)20(31-22)21(29)24-15-8-6-12(2)13(3)10-15/h6-11,19-20,27H,5H2,1-4H3,(H,24,29)/t19-,20-/m1/s1. The Morgan fingerprint density at radius 2 is 2.03 bits per heavy atom. The first kappa shape index (κ1) is 21.5. The van der Waals surface area contributed by atoms with Crippen LogP contribution >= 0.6 is 23.4 Å². The van der Waals surface area contributed by atoms with Gasteiger partial charge in [-0.05, 0) is 54.8 Å². The van der Waals surface area contributed by atoms with E-state index in [1.165, 1.54) is 17.3 Å². The van der Waals surface area contributed by atoms with Crippen molar-refractivity contribution in [1.82, 2.24) is 14.9 Å². The highest BCUT2D eigenvalue weighted by Crippen LogP contribution is 2.39. The fraction of sp³-hybridized carbons (Fsp3) is 0.318. The zero-order valence-electron chi connectivity index (χ0n) is 17.8. The summed E-state index contributed by atoms with van der Waals surface area (Å²) >= 11 is 7.77. The van der Waals surface area contributed by atoms with Gasteiger partial charge in [0, 0.05) is 12.1 Å². The minimum absolute atomic E-state index is 0.120. The number of benzene rings is 2. The number of ether oxygens (including phenoxy) is 1. The van der Waals surface area contributed by atoms with Crippen molar-refractivity contribution in [3.8, 4) is 5.75 Å². The number of carbonyl (C=O) groups is 1. The molecule has 1 aliphatic heterocycles. The van der Waals surface area contributed by atoms with E-state index in [2.05, 4.69) is 20.9 Å². The molecule has 0 radical (unpaired) electrons. The number of methoxy groups -OCH3 is 1. The van der Waals surface area contributed by atoms with Crippen molar-refractivity contribution < 1.29 is 9.53 Å². The van der Waals surface area contributed by atoms with Crippen molar-refractivity contribution in [3.05, 3.63) is 63.9 Å². The zero-order chi connectivity index (χ0) is 22.1. The summed E-state index contributed by atoms with van der Waals surface area (Å²) in [6.45, 7) is 6.09. The number of thioether (sulfide) groups is 1. The van der Waals surface area contributed by atoms with Gasteiger partial charge >= 0.3 is 0 Å². The lowest BCUT2D eigenvalue weighted by Gasteiger charge is -2.33. The molecule has 0 saturated carbocycles. The molecule has 0 bridgehead atoms. The lowest BCUT2D eigenvalue weighted by Crippen LogP contribution is -2.41. The summed E-state index contributed by atoms with van der Waals surface area (Å²) in [5.41, 5.74) is 7.37. The van der Waals surface area contributed by atoms with Crippen molar-refractivity contribution >= 4 is 35.0 Å². The maximum atomic E-state index is 13.4. The fourth-order valence-electron chi connectivity index (χ4n) is 3.49. The number of aryl methyl sites for hydroxylation is 3. The van der Waals surface area contributed by atoms with Crippen LogP contribution in [0.4, 0.5) is 5.69 Å². The summed E-state index contributed by atoms with van der Waals surface area (Å²) in [4.78, 5) is 13.4. The van der Waals surface area contributed by atoms with Gasteiger partial charge in [0.25, 0.3) is 0 Å². The second-order valence-electron chi connectivity index (χ2n) is 7.42. The van der Waals surface area contributed by atoms with Crippen LogP contribution in [0, 0.1) is 13.8 Å². The summed E-state index contributed by atoms with van der Waals surface area (Å²) in [6, 6.07) is 11.1. The van der Waals surface area contributed by atoms with E-state index in [-0.39, 0.29) is 11.9 Å². The normalized spacial score (nSPS) is 17.6. The Bertz CT molecular complexity index is 1130. The number of nitrogens with zero attached hydrogens (tertiary/aromatic N) is 3. The summed E-state index contributed by atoms with van der Waals surface area (Å²) in [5.74, 6) is 1.27. The predicted molar refractivity (Wildman–Crippen MR) is 124 cm³/mol. The van der Waals surface area contributed by atoms with Gasteiger partial charge in [-0.2, -0.15) is 0 Å². The molecule has 1 aromatic heterocycles. The SMILES string of the molecule is CCc1nnc2n1N[C@H](c1ccc(OC)c(Cl)c1)[C@H](C(=O)Nc1ccc(C)c(C)c1)S2. The first-order chi connectivity index (χ1) is 14.9. The molecule has 4 rings (SSSR count). The maximum Gasteiger partial charge on any atom is 0.240 e. The average Bonchev–Trinajstić information content (AvgIpc) is 3.17. The first-order valence-electron chi connectivity index (χ1n) is 10.00. The van der Waals surface area contributed by atoms with E-state index in [1.54, 1.807) is 7.11 Å². The number of nitrogens with one attached hydrogen (secondary N) is 2. The number of rotatable bonds is 5. The monoisotopic (exact) mass is 457 g/mol. The van der Waals surface area contributed by atoms with Gasteiger partial charge in [0.05, 0.1) is 18.2 Å². The predicted octanol–water partition coefficient (Wildman–Crippen LogP) is 4.52. The minimum Gasteiger partial charge on any atom is -0.495 e. The largest absolute Gasteiger partial charge is 0.495 e. The van der Waals surface area contributed by atoms with Gasteiger partial charge in [0.1, 0.15) is 11.0 Å². The van der Waals surface area contributed by atoms with Crippen molar-refractivity contribution in [2.45, 2.75) is 43.6 Å². The number of hydrogen-bond acceptors (Lipinski definition) is 6. The first-order valence-corrected chi connectivity index (χ1v) is 11.3. The van der Waals surface area contributed by atoms with Gasteiger partial charge in [0.15, 0.2) is 5.82 Å². The molecule has 0 aliphatic carbocycles. The number of amides is 1. The highest BCUT2D eigenvalue weighted by Gasteiger charge is 2.38. The fourth-order valence-corrected chi connectivity index (χ4v) is 4.85. The van der Waals surface area contributed by atoms with Gasteiger partial charge in [-0.25, -0.2) is 4.68 Å². The van der Waals surface area contributed by atoms with Crippen molar-refractivity contribution in [2.24, 2.45) is 0 Å². The van der Waals surface area contributed by atoms with Gasteiger partial charge in [-0.3, -0.25) is 4.79 Å². The van der Waals surface area contributed by atoms with Gasteiger partial charge in [0.2, 0.25) is 11.1 Å². The number of hydrogen-bond donors (Lipinski definition) is 2. The molecular weight excluding hydrogens is 434 g/mol. The highest BCUT2D eigenvalue weighted by molar-refractivity contribution is 8.00. The van der Waals surface area contributed by atoms with E-state index in [1.807, 2.05) is 61.8 Å². The second-order valence-corrected chi connectivity index (χ2v) is 8.93. The molecule has 0 unspecified atom stereocenters. The van der Waals surface area contributed by atoms with E-state index >= 15 is 0 Å². The molecule has 2 atom stereocenters. The van der Waals surface area contributed by atoms with Crippen LogP contribution in [0.2, 0.25) is 5.02 Å². The third kappa shape index (κ3) is 4.22. The topological polar surface area (TPSA) is 81.1 Å². The average molecular weight is 458 g/mol. The van der Waals surface area contributed by atoms with E-state index in [0.29, 0.717) is 15.9 Å². The van der Waals surface area contributed by atoms with Crippen LogP contribution in [0.5, 0.6) is 5.75 Å². The number of aromatic nitrogens is 3. The Hall–Kier alpha value is -2.71. The summed E-state index contributed by atoms with van der Waals surface area (Å²) in [6.07, 6.45) is 0.718. The van der Waals surface area contributed by atoms with Crippen LogP contribution in [0.3, 0.4) is 0 Å². The Labute approximate surface area is 190 Å². The number of fused-ring (bicyclic) bond motifs is 1. The lowest BCUT2D eigenvalue weighted by atomic mass is 10.0. The molecule has 2 aromatic carbocycles. The molecule has 162 valence electrons. The summed E-state index contributed by atoms with van der Waals surface area (Å²) in [5, 5.41) is 12.2. The van der Waals surface area contributed by atoms with Crippen LogP contribution in [0.1, 0.15) is 35.5 Å². The number of anilines is 1. The molecule has 9 heteroatoms. The molecule has 0 saturated heterocycles. The number of halogens is 1. The van der Waals surface area contributed by atoms with Crippen molar-refractivity contribution in [1.29, 1.82) is 0 Å². The third-order valence-corrected chi connectivity index (χ3v) is 6.90. The smallest absolute Gasteiger partial charge is 0.240 e. The molecule has 0 fully saturated rings. The van der Waals surface area contributed by atoms with Crippen LogP contribution in [-0.4, -0.2) is 33.1 Å². The molecule has 3 aromatic rings. The van der Waals surface area contributed by atoms with Crippen molar-refractivity contribution in [2.75, 3.05) is 17.9 Å². The molecule has 2 N–H and O–H groups in total. The van der Waals surface area contributed by atoms with E-state index < -0.39 is 5.25 Å². The zero-order valence-corrected chi connectivity index (χ0v) is 19.3. The highest BCUT2D eigenvalue weighted by atomic mass is 35.5. The van der Waals surface area contributed by atoms with E-state index in [0.717, 1.165) is 29.1 Å². The molecule has 7 nitrogen and oxygen atoms in total. The van der Waals surface area contributed by atoms with Crippen LogP contribution in [0.15, 0.2) is 41.6 Å². The van der Waals surface area contributed by atoms with Crippen molar-refractivity contribution in [3.63, 3.8) is 0 Å². The third-order valence-electron chi connectivity index (χ3n) is 5.39. The van der Waals surface area contributed by atoms with Gasteiger partial charge < -0.3 is 15.5 Å². The Morgan fingerprint density at radius 3 is 2.71 bits per heavy atom. The lowest BCUT2D eigenvalue weighted by molar-refractivity contribution is -0.116. The van der Waals surface area contributed by atoms with E-state index in [9.17, 15) is 4.79 Å². The molecule has 2 heterocycles. The molecule has 31 heavy (non-hydrogen) atoms.